The van der Waals surface area contributed by atoms with Crippen molar-refractivity contribution in [1.29, 1.82) is 0 Å². The van der Waals surface area contributed by atoms with Crippen LogP contribution in [0.3, 0.4) is 0 Å². The molecule has 0 aromatic heterocycles. The molecule has 0 radical (unpaired) electrons. The summed E-state index contributed by atoms with van der Waals surface area (Å²) < 4.78 is 26.4. The molecular formula is C24H28ClN3O5S. The lowest BCUT2D eigenvalue weighted by Gasteiger charge is -2.31. The number of fused-ring (bicyclic) bond motifs is 1. The van der Waals surface area contributed by atoms with E-state index in [4.69, 9.17) is 11.6 Å². The first-order valence-corrected chi connectivity index (χ1v) is 13.0. The number of nitrogens with one attached hydrogen (secondary N) is 1. The third-order valence-electron chi connectivity index (χ3n) is 5.64. The zero-order valence-electron chi connectivity index (χ0n) is 19.2. The Morgan fingerprint density at radius 3 is 2.38 bits per heavy atom. The monoisotopic (exact) mass is 505 g/mol. The molecule has 2 aromatic rings. The van der Waals surface area contributed by atoms with Gasteiger partial charge in [-0.15, -0.1) is 0 Å². The Kier molecular flexibility index (Phi) is 8.33. The number of carbonyl (C=O) groups excluding carboxylic acids is 3. The maximum Gasteiger partial charge on any atom is 0.269 e. The summed E-state index contributed by atoms with van der Waals surface area (Å²) in [4.78, 5) is 40.2. The molecule has 2 aromatic carbocycles. The highest BCUT2D eigenvalue weighted by molar-refractivity contribution is 7.90. The van der Waals surface area contributed by atoms with Gasteiger partial charge in [-0.3, -0.25) is 14.4 Å². The van der Waals surface area contributed by atoms with Crippen LogP contribution in [0, 0.1) is 0 Å². The predicted molar refractivity (Wildman–Crippen MR) is 129 cm³/mol. The zero-order chi connectivity index (χ0) is 24.9. The topological polar surface area (TPSA) is 104 Å². The summed E-state index contributed by atoms with van der Waals surface area (Å²) in [5, 5.41) is 3.38. The molecule has 0 spiro atoms. The van der Waals surface area contributed by atoms with Crippen LogP contribution in [0.25, 0.3) is 0 Å². The summed E-state index contributed by atoms with van der Waals surface area (Å²) in [7, 11) is -4.02. The number of sulfonamides is 1. The van der Waals surface area contributed by atoms with Crippen molar-refractivity contribution in [2.24, 2.45) is 0 Å². The second-order valence-electron chi connectivity index (χ2n) is 7.99. The van der Waals surface area contributed by atoms with E-state index in [2.05, 4.69) is 5.32 Å². The number of hydrogen-bond acceptors (Lipinski definition) is 5. The Labute approximate surface area is 204 Å². The Morgan fingerprint density at radius 1 is 1.09 bits per heavy atom. The minimum atomic E-state index is -4.02. The number of nitrogens with zero attached hydrogens (tertiary/aromatic N) is 2. The molecular weight excluding hydrogens is 478 g/mol. The van der Waals surface area contributed by atoms with Crippen molar-refractivity contribution < 1.29 is 22.8 Å². The number of hydrogen-bond donors (Lipinski definition) is 1. The van der Waals surface area contributed by atoms with Crippen LogP contribution in [-0.2, 0) is 26.2 Å². The summed E-state index contributed by atoms with van der Waals surface area (Å²) in [6.07, 6.45) is 0.883. The molecule has 0 unspecified atom stereocenters. The van der Waals surface area contributed by atoms with E-state index in [1.54, 1.807) is 36.4 Å². The average molecular weight is 506 g/mol. The van der Waals surface area contributed by atoms with Crippen molar-refractivity contribution in [3.05, 3.63) is 64.7 Å². The lowest BCUT2D eigenvalue weighted by molar-refractivity contribution is -0.141. The zero-order valence-corrected chi connectivity index (χ0v) is 20.7. The van der Waals surface area contributed by atoms with Gasteiger partial charge in [-0.25, -0.2) is 12.7 Å². The van der Waals surface area contributed by atoms with Crippen LogP contribution < -0.4 is 5.32 Å². The molecule has 0 bridgehead atoms. The molecule has 3 amide bonds. The van der Waals surface area contributed by atoms with E-state index < -0.39 is 27.9 Å². The van der Waals surface area contributed by atoms with Gasteiger partial charge in [0.15, 0.2) is 0 Å². The summed E-state index contributed by atoms with van der Waals surface area (Å²) in [6, 6.07) is 12.2. The third kappa shape index (κ3) is 5.42. The lowest BCUT2D eigenvalue weighted by Crippen LogP contribution is -2.49. The standard InChI is InChI=1S/C24H28ClN3O5S/c1-3-14-26-23(30)20(4-2)27(16-17-9-11-18(25)12-10-17)22(29)13-15-28-24(31)19-7-5-6-8-21(19)34(28,32)33/h5-12,20H,3-4,13-16H2,1-2H3,(H,26,30)/t20-/m0/s1. The highest BCUT2D eigenvalue weighted by Gasteiger charge is 2.41. The number of rotatable bonds is 10. The first-order chi connectivity index (χ1) is 16.2. The van der Waals surface area contributed by atoms with Gasteiger partial charge in [0.1, 0.15) is 10.9 Å². The average Bonchev–Trinajstić information content (AvgIpc) is 3.02. The van der Waals surface area contributed by atoms with Crippen LogP contribution in [0.5, 0.6) is 0 Å². The highest BCUT2D eigenvalue weighted by Crippen LogP contribution is 2.30. The van der Waals surface area contributed by atoms with Gasteiger partial charge < -0.3 is 10.2 Å². The minimum absolute atomic E-state index is 0.0594. The van der Waals surface area contributed by atoms with Gasteiger partial charge in [-0.2, -0.15) is 0 Å². The highest BCUT2D eigenvalue weighted by atomic mass is 35.5. The minimum Gasteiger partial charge on any atom is -0.354 e. The molecule has 10 heteroatoms. The molecule has 0 saturated heterocycles. The third-order valence-corrected chi connectivity index (χ3v) is 7.73. The molecule has 182 valence electrons. The first-order valence-electron chi connectivity index (χ1n) is 11.2. The van der Waals surface area contributed by atoms with E-state index in [-0.39, 0.29) is 35.9 Å². The van der Waals surface area contributed by atoms with Gasteiger partial charge in [0.05, 0.1) is 5.56 Å². The summed E-state index contributed by atoms with van der Waals surface area (Å²) >= 11 is 5.97. The lowest BCUT2D eigenvalue weighted by atomic mass is 10.1. The molecule has 0 saturated carbocycles. The second-order valence-corrected chi connectivity index (χ2v) is 10.3. The molecule has 34 heavy (non-hydrogen) atoms. The largest absolute Gasteiger partial charge is 0.354 e. The van der Waals surface area contributed by atoms with E-state index in [0.717, 1.165) is 16.3 Å². The van der Waals surface area contributed by atoms with Gasteiger partial charge in [0.25, 0.3) is 15.9 Å². The fourth-order valence-electron chi connectivity index (χ4n) is 3.87. The van der Waals surface area contributed by atoms with Crippen LogP contribution in [0.1, 0.15) is 49.0 Å². The normalized spacial score (nSPS) is 15.0. The SMILES string of the molecule is CCCNC(=O)[C@H](CC)N(Cc1ccc(Cl)cc1)C(=O)CCN1C(=O)c2ccccc2S1(=O)=O. The quantitative estimate of drug-likeness (QED) is 0.534. The van der Waals surface area contributed by atoms with Crippen LogP contribution in [0.15, 0.2) is 53.4 Å². The number of carbonyl (C=O) groups is 3. The van der Waals surface area contributed by atoms with Gasteiger partial charge in [-0.05, 0) is 42.7 Å². The molecule has 8 nitrogen and oxygen atoms in total. The fourth-order valence-corrected chi connectivity index (χ4v) is 5.56. The van der Waals surface area contributed by atoms with Crippen LogP contribution in [0.4, 0.5) is 0 Å². The van der Waals surface area contributed by atoms with Crippen molar-refractivity contribution in [2.75, 3.05) is 13.1 Å². The van der Waals surface area contributed by atoms with Crippen LogP contribution >= 0.6 is 11.6 Å². The van der Waals surface area contributed by atoms with E-state index in [0.29, 0.717) is 18.0 Å². The number of benzene rings is 2. The van der Waals surface area contributed by atoms with E-state index in [1.165, 1.54) is 17.0 Å². The van der Waals surface area contributed by atoms with E-state index in [1.807, 2.05) is 13.8 Å². The molecule has 1 N–H and O–H groups in total. The molecule has 1 heterocycles. The number of amides is 3. The first kappa shape index (κ1) is 25.7. The van der Waals surface area contributed by atoms with E-state index >= 15 is 0 Å². The summed E-state index contributed by atoms with van der Waals surface area (Å²) in [5.41, 5.74) is 0.870. The van der Waals surface area contributed by atoms with E-state index in [9.17, 15) is 22.8 Å². The molecule has 0 aliphatic carbocycles. The maximum atomic E-state index is 13.3. The summed E-state index contributed by atoms with van der Waals surface area (Å²) in [5.74, 6) is -1.35. The molecule has 3 rings (SSSR count). The van der Waals surface area contributed by atoms with Crippen molar-refractivity contribution in [3.63, 3.8) is 0 Å². The van der Waals surface area contributed by atoms with Crippen molar-refractivity contribution in [2.45, 2.75) is 50.6 Å². The van der Waals surface area contributed by atoms with Gasteiger partial charge in [0, 0.05) is 31.1 Å². The Bertz CT molecular complexity index is 1170. The summed E-state index contributed by atoms with van der Waals surface area (Å²) in [6.45, 7) is 4.07. The Balaban J connectivity index is 1.81. The van der Waals surface area contributed by atoms with Crippen molar-refractivity contribution in [3.8, 4) is 0 Å². The Morgan fingerprint density at radius 2 is 1.76 bits per heavy atom. The second kappa shape index (κ2) is 11.0. The Hall–Kier alpha value is -2.91. The molecule has 0 fully saturated rings. The van der Waals surface area contributed by atoms with Crippen LogP contribution in [-0.4, -0.2) is 54.5 Å². The van der Waals surface area contributed by atoms with Crippen molar-refractivity contribution in [1.82, 2.24) is 14.5 Å². The van der Waals surface area contributed by atoms with Gasteiger partial charge >= 0.3 is 0 Å². The molecule has 1 atom stereocenters. The van der Waals surface area contributed by atoms with Gasteiger partial charge in [0.2, 0.25) is 11.8 Å². The number of halogens is 1. The van der Waals surface area contributed by atoms with Crippen LogP contribution in [0.2, 0.25) is 5.02 Å². The van der Waals surface area contributed by atoms with Crippen molar-refractivity contribution >= 4 is 39.3 Å². The predicted octanol–water partition coefficient (Wildman–Crippen LogP) is 3.21. The molecule has 1 aliphatic heterocycles. The fraction of sp³-hybridized carbons (Fsp3) is 0.375. The smallest absolute Gasteiger partial charge is 0.269 e. The van der Waals surface area contributed by atoms with Gasteiger partial charge in [-0.1, -0.05) is 49.7 Å². The maximum absolute atomic E-state index is 13.3. The molecule has 1 aliphatic rings.